The SMILES string of the molecule is CCCCC1=C(P(=O)(OCOC(=O)C(C)(C)C)OCOC(=O)C(C)(C)C)C[C@H](C(=O)OCc2ccccc2)CS1. The van der Waals surface area contributed by atoms with E-state index in [1.165, 1.54) is 11.8 Å². The van der Waals surface area contributed by atoms with E-state index in [1.807, 2.05) is 37.3 Å². The summed E-state index contributed by atoms with van der Waals surface area (Å²) < 4.78 is 41.6. The Morgan fingerprint density at radius 2 is 1.45 bits per heavy atom. The van der Waals surface area contributed by atoms with E-state index in [-0.39, 0.29) is 13.0 Å². The number of hydrogen-bond acceptors (Lipinski definition) is 10. The van der Waals surface area contributed by atoms with E-state index in [2.05, 4.69) is 0 Å². The molecule has 9 nitrogen and oxygen atoms in total. The fraction of sp³-hybridized carbons (Fsp3) is 0.621. The van der Waals surface area contributed by atoms with Gasteiger partial charge in [-0.15, -0.1) is 11.8 Å². The van der Waals surface area contributed by atoms with Crippen molar-refractivity contribution in [3.8, 4) is 0 Å². The van der Waals surface area contributed by atoms with Crippen molar-refractivity contribution in [2.24, 2.45) is 16.7 Å². The lowest BCUT2D eigenvalue weighted by Gasteiger charge is -2.30. The Balaban J connectivity index is 2.28. The van der Waals surface area contributed by atoms with Crippen molar-refractivity contribution in [2.45, 2.75) is 80.8 Å². The smallest absolute Gasteiger partial charge is 0.363 e. The van der Waals surface area contributed by atoms with E-state index in [0.29, 0.717) is 17.5 Å². The molecule has 40 heavy (non-hydrogen) atoms. The third-order valence-corrected chi connectivity index (χ3v) is 9.44. The Kier molecular flexibility index (Phi) is 12.9. The minimum Gasteiger partial charge on any atom is -0.461 e. The van der Waals surface area contributed by atoms with E-state index < -0.39 is 55.8 Å². The molecule has 0 saturated carbocycles. The fourth-order valence-electron chi connectivity index (χ4n) is 3.43. The molecule has 0 spiro atoms. The summed E-state index contributed by atoms with van der Waals surface area (Å²) in [6.07, 6.45) is 2.42. The molecule has 2 rings (SSSR count). The van der Waals surface area contributed by atoms with Crippen molar-refractivity contribution in [1.82, 2.24) is 0 Å². The van der Waals surface area contributed by atoms with Gasteiger partial charge in [0.05, 0.1) is 22.1 Å². The molecular weight excluding hydrogens is 555 g/mol. The molecule has 1 aromatic rings. The van der Waals surface area contributed by atoms with Crippen LogP contribution in [0.5, 0.6) is 0 Å². The molecule has 0 radical (unpaired) electrons. The Morgan fingerprint density at radius 1 is 0.900 bits per heavy atom. The highest BCUT2D eigenvalue weighted by molar-refractivity contribution is 8.03. The molecule has 0 fully saturated rings. The molecular formula is C29H43O9PS. The number of thioether (sulfide) groups is 1. The van der Waals surface area contributed by atoms with E-state index in [4.69, 9.17) is 23.3 Å². The molecule has 0 unspecified atom stereocenters. The van der Waals surface area contributed by atoms with Crippen LogP contribution in [0.4, 0.5) is 0 Å². The van der Waals surface area contributed by atoms with Gasteiger partial charge in [0.25, 0.3) is 0 Å². The maximum Gasteiger partial charge on any atom is 0.363 e. The molecule has 0 bridgehead atoms. The maximum absolute atomic E-state index is 14.3. The molecule has 224 valence electrons. The minimum absolute atomic E-state index is 0.0807. The van der Waals surface area contributed by atoms with E-state index in [9.17, 15) is 18.9 Å². The second-order valence-corrected chi connectivity index (χ2v) is 14.8. The molecule has 1 heterocycles. The summed E-state index contributed by atoms with van der Waals surface area (Å²) in [5.41, 5.74) is -0.732. The quantitative estimate of drug-likeness (QED) is 0.0999. The third kappa shape index (κ3) is 10.7. The van der Waals surface area contributed by atoms with Crippen LogP contribution in [-0.2, 0) is 48.8 Å². The fourth-order valence-corrected chi connectivity index (χ4v) is 6.79. The summed E-state index contributed by atoms with van der Waals surface area (Å²) in [5.74, 6) is -1.65. The summed E-state index contributed by atoms with van der Waals surface area (Å²) in [4.78, 5) is 38.4. The van der Waals surface area contributed by atoms with Crippen molar-refractivity contribution in [3.05, 3.63) is 46.1 Å². The van der Waals surface area contributed by atoms with Crippen molar-refractivity contribution in [1.29, 1.82) is 0 Å². The number of benzene rings is 1. The normalized spacial score (nSPS) is 16.4. The van der Waals surface area contributed by atoms with Crippen LogP contribution in [0.3, 0.4) is 0 Å². The monoisotopic (exact) mass is 598 g/mol. The van der Waals surface area contributed by atoms with Gasteiger partial charge in [-0.25, -0.2) is 0 Å². The van der Waals surface area contributed by atoms with Gasteiger partial charge in [0.1, 0.15) is 6.61 Å². The molecule has 1 atom stereocenters. The van der Waals surface area contributed by atoms with Gasteiger partial charge in [-0.05, 0) is 71.3 Å². The number of allylic oxidation sites excluding steroid dienone is 2. The average Bonchev–Trinajstić information content (AvgIpc) is 2.89. The number of carbonyl (C=O) groups is 3. The van der Waals surface area contributed by atoms with Crippen LogP contribution in [0.2, 0.25) is 0 Å². The molecule has 0 N–H and O–H groups in total. The zero-order chi connectivity index (χ0) is 30.0. The predicted molar refractivity (Wildman–Crippen MR) is 154 cm³/mol. The van der Waals surface area contributed by atoms with Gasteiger partial charge in [0.2, 0.25) is 13.6 Å². The molecule has 0 aliphatic carbocycles. The zero-order valence-corrected chi connectivity index (χ0v) is 26.4. The van der Waals surface area contributed by atoms with Crippen LogP contribution in [0.15, 0.2) is 40.6 Å². The molecule has 0 saturated heterocycles. The van der Waals surface area contributed by atoms with Crippen molar-refractivity contribution >= 4 is 37.3 Å². The highest BCUT2D eigenvalue weighted by Crippen LogP contribution is 2.62. The van der Waals surface area contributed by atoms with Crippen LogP contribution in [-0.4, -0.2) is 37.2 Å². The van der Waals surface area contributed by atoms with Crippen LogP contribution >= 0.6 is 19.4 Å². The average molecular weight is 599 g/mol. The second kappa shape index (κ2) is 15.2. The lowest BCUT2D eigenvalue weighted by Crippen LogP contribution is -2.26. The topological polar surface area (TPSA) is 114 Å². The van der Waals surface area contributed by atoms with Gasteiger partial charge in [-0.2, -0.15) is 0 Å². The van der Waals surface area contributed by atoms with Crippen molar-refractivity contribution in [3.63, 3.8) is 0 Å². The Morgan fingerprint density at radius 3 is 1.95 bits per heavy atom. The van der Waals surface area contributed by atoms with Crippen LogP contribution < -0.4 is 0 Å². The van der Waals surface area contributed by atoms with Crippen molar-refractivity contribution in [2.75, 3.05) is 19.3 Å². The molecule has 1 aromatic carbocycles. The van der Waals surface area contributed by atoms with Gasteiger partial charge in [-0.1, -0.05) is 43.7 Å². The van der Waals surface area contributed by atoms with Gasteiger partial charge >= 0.3 is 25.5 Å². The van der Waals surface area contributed by atoms with Crippen LogP contribution in [0.25, 0.3) is 0 Å². The molecule has 0 amide bonds. The van der Waals surface area contributed by atoms with Gasteiger partial charge in [0, 0.05) is 5.75 Å². The summed E-state index contributed by atoms with van der Waals surface area (Å²) in [6.45, 7) is 11.0. The number of hydrogen-bond donors (Lipinski definition) is 0. The summed E-state index contributed by atoms with van der Waals surface area (Å²) in [7, 11) is -4.17. The minimum atomic E-state index is -4.17. The van der Waals surface area contributed by atoms with E-state index in [1.54, 1.807) is 41.5 Å². The van der Waals surface area contributed by atoms with Gasteiger partial charge in [-0.3, -0.25) is 28.0 Å². The van der Waals surface area contributed by atoms with Crippen LogP contribution in [0, 0.1) is 16.7 Å². The van der Waals surface area contributed by atoms with Gasteiger partial charge in [0.15, 0.2) is 0 Å². The van der Waals surface area contributed by atoms with E-state index in [0.717, 1.165) is 23.3 Å². The number of rotatable bonds is 13. The van der Waals surface area contributed by atoms with Crippen LogP contribution in [0.1, 0.15) is 79.7 Å². The molecule has 11 heteroatoms. The number of carbonyl (C=O) groups excluding carboxylic acids is 3. The Bertz CT molecular complexity index is 1050. The Labute approximate surface area is 242 Å². The number of esters is 3. The summed E-state index contributed by atoms with van der Waals surface area (Å²) >= 11 is 1.42. The maximum atomic E-state index is 14.3. The van der Waals surface area contributed by atoms with Gasteiger partial charge < -0.3 is 14.2 Å². The molecule has 1 aliphatic rings. The lowest BCUT2D eigenvalue weighted by atomic mass is 9.98. The number of unbranched alkanes of at least 4 members (excludes halogenated alkanes) is 1. The first kappa shape index (κ1) is 34.1. The first-order valence-corrected chi connectivity index (χ1v) is 16.0. The lowest BCUT2D eigenvalue weighted by molar-refractivity contribution is -0.161. The Hall–Kier alpha value is -2.13. The largest absolute Gasteiger partial charge is 0.461 e. The first-order chi connectivity index (χ1) is 18.7. The zero-order valence-electron chi connectivity index (χ0n) is 24.7. The van der Waals surface area contributed by atoms with E-state index >= 15 is 0 Å². The predicted octanol–water partition coefficient (Wildman–Crippen LogP) is 7.20. The summed E-state index contributed by atoms with van der Waals surface area (Å²) in [6, 6.07) is 9.34. The summed E-state index contributed by atoms with van der Waals surface area (Å²) in [5, 5.41) is 0.317. The highest BCUT2D eigenvalue weighted by atomic mass is 32.2. The third-order valence-electron chi connectivity index (χ3n) is 5.92. The molecule has 1 aliphatic heterocycles. The number of ether oxygens (including phenoxy) is 3. The molecule has 0 aromatic heterocycles. The van der Waals surface area contributed by atoms with Crippen molar-refractivity contribution < 1.29 is 42.2 Å². The highest BCUT2D eigenvalue weighted by Gasteiger charge is 2.41. The standard InChI is InChI=1S/C29H43O9PS/c1-8-9-15-24-23(16-22(18-40-24)25(30)34-17-21-13-11-10-12-14-21)39(33,37-19-35-26(31)28(2,3)4)38-20-36-27(32)29(5,6)7/h10-14,22H,8-9,15-20H2,1-7H3/t22-/m0/s1. The second-order valence-electron chi connectivity index (χ2n) is 11.6. The first-order valence-electron chi connectivity index (χ1n) is 13.5.